The molecule has 0 amide bonds. The second kappa shape index (κ2) is 3.30. The molecule has 0 aromatic heterocycles. The zero-order chi connectivity index (χ0) is 12.0. The Hall–Kier alpha value is -1.39. The van der Waals surface area contributed by atoms with Crippen LogP contribution < -0.4 is 8.37 Å². The van der Waals surface area contributed by atoms with E-state index in [4.69, 9.17) is 0 Å². The molecule has 1 aromatic rings. The highest BCUT2D eigenvalue weighted by Crippen LogP contribution is 2.35. The van der Waals surface area contributed by atoms with Gasteiger partial charge < -0.3 is 8.37 Å². The van der Waals surface area contributed by atoms with Gasteiger partial charge in [0.15, 0.2) is 11.6 Å². The predicted octanol–water partition coefficient (Wildman–Crippen LogP) is 0.103. The lowest BCUT2D eigenvalue weighted by molar-refractivity contribution is 0.370. The molecule has 2 rings (SSSR count). The number of benzene rings is 1. The highest BCUT2D eigenvalue weighted by atomic mass is 32.3. The van der Waals surface area contributed by atoms with E-state index in [-0.39, 0.29) is 0 Å². The van der Waals surface area contributed by atoms with Crippen LogP contribution in [-0.4, -0.2) is 16.8 Å². The Kier molecular flexibility index (Phi) is 2.29. The van der Waals surface area contributed by atoms with Crippen molar-refractivity contribution < 1.29 is 33.2 Å². The van der Waals surface area contributed by atoms with E-state index in [1.165, 1.54) is 0 Å². The van der Waals surface area contributed by atoms with Crippen LogP contribution in [-0.2, 0) is 24.4 Å². The Labute approximate surface area is 90.0 Å². The predicted molar refractivity (Wildman–Crippen MR) is 46.6 cm³/mol. The standard InChI is InChI=1S/C6H3FO7S2/c7-4-2-1-3-5-6(4)13-16(10,11)14-15(8,9)12-5/h1-3H. The van der Waals surface area contributed by atoms with Crippen molar-refractivity contribution in [3.63, 3.8) is 0 Å². The van der Waals surface area contributed by atoms with Gasteiger partial charge in [-0.1, -0.05) is 9.70 Å². The second-order valence-corrected chi connectivity index (χ2v) is 5.13. The molecule has 0 bridgehead atoms. The van der Waals surface area contributed by atoms with Crippen molar-refractivity contribution in [3.05, 3.63) is 24.0 Å². The molecule has 0 unspecified atom stereocenters. The van der Waals surface area contributed by atoms with Gasteiger partial charge in [0.2, 0.25) is 5.75 Å². The van der Waals surface area contributed by atoms with Gasteiger partial charge in [-0.3, -0.25) is 0 Å². The first-order chi connectivity index (χ1) is 7.29. The molecule has 1 aliphatic heterocycles. The molecule has 0 N–H and O–H groups in total. The third kappa shape index (κ3) is 2.08. The summed E-state index contributed by atoms with van der Waals surface area (Å²) in [5.74, 6) is -2.58. The molecular weight excluding hydrogens is 267 g/mol. The molecule has 0 radical (unpaired) electrons. The summed E-state index contributed by atoms with van der Waals surface area (Å²) in [6.07, 6.45) is 0. The van der Waals surface area contributed by atoms with Crippen molar-refractivity contribution in [2.24, 2.45) is 0 Å². The van der Waals surface area contributed by atoms with Crippen LogP contribution in [0.1, 0.15) is 0 Å². The first-order valence-corrected chi connectivity index (χ1v) is 6.34. The zero-order valence-electron chi connectivity index (χ0n) is 7.28. The zero-order valence-corrected chi connectivity index (χ0v) is 8.92. The molecule has 1 aliphatic rings. The van der Waals surface area contributed by atoms with Gasteiger partial charge in [0.25, 0.3) is 0 Å². The van der Waals surface area contributed by atoms with Gasteiger partial charge in [0.1, 0.15) is 0 Å². The third-order valence-electron chi connectivity index (χ3n) is 1.47. The Morgan fingerprint density at radius 1 is 1.00 bits per heavy atom. The van der Waals surface area contributed by atoms with Crippen molar-refractivity contribution >= 4 is 20.8 Å². The van der Waals surface area contributed by atoms with Crippen molar-refractivity contribution in [1.29, 1.82) is 0 Å². The summed E-state index contributed by atoms with van der Waals surface area (Å²) >= 11 is 0. The van der Waals surface area contributed by atoms with Crippen molar-refractivity contribution in [3.8, 4) is 11.5 Å². The number of hydrogen-bond donors (Lipinski definition) is 0. The molecule has 1 aromatic carbocycles. The number of halogens is 1. The van der Waals surface area contributed by atoms with Crippen LogP contribution in [0.5, 0.6) is 11.5 Å². The summed E-state index contributed by atoms with van der Waals surface area (Å²) in [6, 6.07) is 3.00. The largest absolute Gasteiger partial charge is 0.466 e. The quantitative estimate of drug-likeness (QED) is 0.659. The molecule has 88 valence electrons. The van der Waals surface area contributed by atoms with E-state index in [1.54, 1.807) is 0 Å². The van der Waals surface area contributed by atoms with Gasteiger partial charge >= 0.3 is 20.8 Å². The van der Waals surface area contributed by atoms with E-state index in [9.17, 15) is 21.2 Å². The number of fused-ring (bicyclic) bond motifs is 1. The van der Waals surface area contributed by atoms with E-state index in [2.05, 4.69) is 12.0 Å². The van der Waals surface area contributed by atoms with Crippen molar-refractivity contribution in [2.75, 3.05) is 0 Å². The first kappa shape index (κ1) is 11.1. The van der Waals surface area contributed by atoms with Crippen LogP contribution in [0.2, 0.25) is 0 Å². The third-order valence-corrected chi connectivity index (χ3v) is 3.56. The van der Waals surface area contributed by atoms with Crippen molar-refractivity contribution in [2.45, 2.75) is 0 Å². The monoisotopic (exact) mass is 270 g/mol. The highest BCUT2D eigenvalue weighted by molar-refractivity contribution is 7.95. The van der Waals surface area contributed by atoms with Gasteiger partial charge in [0, 0.05) is 0 Å². The molecule has 16 heavy (non-hydrogen) atoms. The SMILES string of the molecule is O=S1(=O)Oc2cccc(F)c2OS(=O)(=O)O1. The molecule has 0 saturated carbocycles. The Morgan fingerprint density at radius 2 is 1.62 bits per heavy atom. The Balaban J connectivity index is 2.70. The first-order valence-electron chi connectivity index (χ1n) is 3.67. The molecule has 7 nitrogen and oxygen atoms in total. The van der Waals surface area contributed by atoms with E-state index < -0.39 is 38.1 Å². The fourth-order valence-electron chi connectivity index (χ4n) is 0.977. The van der Waals surface area contributed by atoms with E-state index in [0.717, 1.165) is 18.2 Å². The molecule has 0 spiro atoms. The molecule has 0 atom stereocenters. The summed E-state index contributed by atoms with van der Waals surface area (Å²) in [4.78, 5) is 0. The van der Waals surface area contributed by atoms with Crippen LogP contribution in [0.25, 0.3) is 0 Å². The number of para-hydroxylation sites is 1. The molecule has 0 fully saturated rings. The van der Waals surface area contributed by atoms with E-state index >= 15 is 0 Å². The lowest BCUT2D eigenvalue weighted by atomic mass is 10.3. The van der Waals surface area contributed by atoms with Crippen LogP contribution >= 0.6 is 0 Å². The minimum absolute atomic E-state index is 0.610. The van der Waals surface area contributed by atoms with Gasteiger partial charge in [-0.2, -0.15) is 16.8 Å². The van der Waals surface area contributed by atoms with Crippen LogP contribution in [0, 0.1) is 5.82 Å². The second-order valence-electron chi connectivity index (χ2n) is 2.62. The maximum atomic E-state index is 13.1. The lowest BCUT2D eigenvalue weighted by Gasteiger charge is -2.02. The normalized spacial score (nSPS) is 21.1. The smallest absolute Gasteiger partial charge is 0.357 e. The average molecular weight is 270 g/mol. The topological polar surface area (TPSA) is 96.0 Å². The molecular formula is C6H3FO7S2. The molecule has 1 heterocycles. The molecule has 0 saturated heterocycles. The van der Waals surface area contributed by atoms with Crippen LogP contribution in [0.4, 0.5) is 4.39 Å². The van der Waals surface area contributed by atoms with E-state index in [0.29, 0.717) is 0 Å². The maximum absolute atomic E-state index is 13.1. The van der Waals surface area contributed by atoms with Crippen LogP contribution in [0.3, 0.4) is 0 Å². The highest BCUT2D eigenvalue weighted by Gasteiger charge is 2.34. The molecule has 10 heteroatoms. The molecule has 0 aliphatic carbocycles. The van der Waals surface area contributed by atoms with Gasteiger partial charge in [-0.25, -0.2) is 4.39 Å². The number of rotatable bonds is 0. The fraction of sp³-hybridized carbons (Fsp3) is 0. The summed E-state index contributed by atoms with van der Waals surface area (Å²) in [7, 11) is -9.75. The summed E-state index contributed by atoms with van der Waals surface area (Å²) < 4.78 is 68.7. The summed E-state index contributed by atoms with van der Waals surface area (Å²) in [5, 5.41) is 0. The summed E-state index contributed by atoms with van der Waals surface area (Å²) in [5.41, 5.74) is 0. The minimum Gasteiger partial charge on any atom is -0.357 e. The number of hydrogen-bond acceptors (Lipinski definition) is 7. The van der Waals surface area contributed by atoms with E-state index in [1.807, 2.05) is 0 Å². The maximum Gasteiger partial charge on any atom is 0.466 e. The van der Waals surface area contributed by atoms with Gasteiger partial charge in [0.05, 0.1) is 0 Å². The van der Waals surface area contributed by atoms with Gasteiger partial charge in [-0.15, -0.1) is 0 Å². The minimum atomic E-state index is -4.92. The summed E-state index contributed by atoms with van der Waals surface area (Å²) in [6.45, 7) is 0. The van der Waals surface area contributed by atoms with Gasteiger partial charge in [-0.05, 0) is 12.1 Å². The fourth-order valence-corrected chi connectivity index (χ4v) is 2.73. The lowest BCUT2D eigenvalue weighted by Crippen LogP contribution is -2.18. The average Bonchev–Trinajstić information content (AvgIpc) is 2.17. The Morgan fingerprint density at radius 3 is 2.31 bits per heavy atom. The van der Waals surface area contributed by atoms with Crippen molar-refractivity contribution in [1.82, 2.24) is 0 Å². The van der Waals surface area contributed by atoms with Crippen LogP contribution in [0.15, 0.2) is 18.2 Å². The Bertz CT molecular complexity index is 633.